The minimum Gasteiger partial charge on any atom is -0.369 e. The molecule has 0 spiro atoms. The second kappa shape index (κ2) is 5.64. The third-order valence-electron chi connectivity index (χ3n) is 3.17. The van der Waals surface area contributed by atoms with Crippen LogP contribution in [0.4, 0.5) is 5.82 Å². The molecule has 1 heterocycles. The molecular weight excluding hydrogens is 286 g/mol. The molecule has 0 radical (unpaired) electrons. The van der Waals surface area contributed by atoms with E-state index in [1.807, 2.05) is 6.92 Å². The number of hydrogen-bond acceptors (Lipinski definition) is 4. The molecule has 0 atom stereocenters. The van der Waals surface area contributed by atoms with E-state index in [1.165, 1.54) is 12.3 Å². The van der Waals surface area contributed by atoms with E-state index in [1.54, 1.807) is 0 Å². The molecule has 1 fully saturated rings. The highest BCUT2D eigenvalue weighted by Gasteiger charge is 2.30. The van der Waals surface area contributed by atoms with E-state index in [0.29, 0.717) is 23.3 Å². The summed E-state index contributed by atoms with van der Waals surface area (Å²) in [4.78, 5) is 4.15. The number of nitrogens with one attached hydrogen (secondary N) is 2. The Morgan fingerprint density at radius 1 is 1.47 bits per heavy atom. The lowest BCUT2D eigenvalue weighted by molar-refractivity contribution is 0.270. The normalized spacial score (nSPS) is 22.9. The van der Waals surface area contributed by atoms with Crippen LogP contribution >= 0.6 is 11.6 Å². The number of pyridine rings is 1. The third kappa shape index (κ3) is 3.38. The van der Waals surface area contributed by atoms with Crippen LogP contribution in [0.15, 0.2) is 17.2 Å². The number of rotatable bonds is 5. The lowest BCUT2D eigenvalue weighted by atomic mass is 9.83. The summed E-state index contributed by atoms with van der Waals surface area (Å²) >= 11 is 6.00. The van der Waals surface area contributed by atoms with Crippen molar-refractivity contribution in [2.75, 3.05) is 11.9 Å². The molecule has 1 aliphatic rings. The molecule has 1 aromatic rings. The van der Waals surface area contributed by atoms with E-state index >= 15 is 0 Å². The Bertz CT molecular complexity index is 556. The van der Waals surface area contributed by atoms with Gasteiger partial charge in [-0.25, -0.2) is 18.1 Å². The molecule has 0 aromatic carbocycles. The summed E-state index contributed by atoms with van der Waals surface area (Å²) in [7, 11) is -3.52. The predicted octanol–water partition coefficient (Wildman–Crippen LogP) is 2.24. The molecule has 2 N–H and O–H groups in total. The maximum Gasteiger partial charge on any atom is 0.242 e. The Morgan fingerprint density at radius 2 is 2.16 bits per heavy atom. The lowest BCUT2D eigenvalue weighted by Gasteiger charge is -2.32. The van der Waals surface area contributed by atoms with E-state index in [9.17, 15) is 8.42 Å². The zero-order chi connectivity index (χ0) is 14.0. The van der Waals surface area contributed by atoms with Crippen molar-refractivity contribution in [3.63, 3.8) is 0 Å². The van der Waals surface area contributed by atoms with Gasteiger partial charge in [-0.15, -0.1) is 0 Å². The summed E-state index contributed by atoms with van der Waals surface area (Å²) in [5, 5.41) is 3.28. The second-order valence-electron chi connectivity index (χ2n) is 4.93. The Balaban J connectivity index is 2.14. The molecule has 7 heteroatoms. The van der Waals surface area contributed by atoms with Gasteiger partial charge in [0.2, 0.25) is 10.0 Å². The van der Waals surface area contributed by atoms with Crippen molar-refractivity contribution in [1.82, 2.24) is 9.71 Å². The van der Waals surface area contributed by atoms with E-state index in [2.05, 4.69) is 21.9 Å². The molecule has 5 nitrogen and oxygen atoms in total. The van der Waals surface area contributed by atoms with Crippen molar-refractivity contribution >= 4 is 27.4 Å². The van der Waals surface area contributed by atoms with Gasteiger partial charge in [0.25, 0.3) is 0 Å². The zero-order valence-corrected chi connectivity index (χ0v) is 12.6. The van der Waals surface area contributed by atoms with Gasteiger partial charge in [0.15, 0.2) is 0 Å². The maximum atomic E-state index is 12.1. The fourth-order valence-electron chi connectivity index (χ4n) is 2.15. The maximum absolute atomic E-state index is 12.1. The summed E-state index contributed by atoms with van der Waals surface area (Å²) in [6.07, 6.45) is 3.10. The smallest absolute Gasteiger partial charge is 0.242 e. The van der Waals surface area contributed by atoms with Crippen molar-refractivity contribution in [3.8, 4) is 0 Å². The van der Waals surface area contributed by atoms with Crippen LogP contribution in [0.2, 0.25) is 5.02 Å². The van der Waals surface area contributed by atoms with Gasteiger partial charge in [0.05, 0.1) is 5.02 Å². The van der Waals surface area contributed by atoms with Crippen molar-refractivity contribution in [2.45, 2.75) is 37.6 Å². The van der Waals surface area contributed by atoms with Gasteiger partial charge in [-0.3, -0.25) is 0 Å². The van der Waals surface area contributed by atoms with Crippen LogP contribution in [-0.4, -0.2) is 26.0 Å². The van der Waals surface area contributed by atoms with Gasteiger partial charge in [0, 0.05) is 18.8 Å². The SMILES string of the molecule is CCNc1ncc(S(=O)(=O)NC2CC(C)C2)cc1Cl. The van der Waals surface area contributed by atoms with Crippen molar-refractivity contribution in [3.05, 3.63) is 17.3 Å². The van der Waals surface area contributed by atoms with E-state index in [0.717, 1.165) is 12.8 Å². The summed E-state index contributed by atoms with van der Waals surface area (Å²) in [5.41, 5.74) is 0. The first-order valence-corrected chi connectivity index (χ1v) is 8.20. The fourth-order valence-corrected chi connectivity index (χ4v) is 3.68. The highest BCUT2D eigenvalue weighted by atomic mass is 35.5. The summed E-state index contributed by atoms with van der Waals surface area (Å²) in [5.74, 6) is 1.09. The van der Waals surface area contributed by atoms with Crippen molar-refractivity contribution in [2.24, 2.45) is 5.92 Å². The molecule has 1 aliphatic carbocycles. The van der Waals surface area contributed by atoms with Gasteiger partial charge in [0.1, 0.15) is 10.7 Å². The first-order valence-electron chi connectivity index (χ1n) is 6.34. The standard InChI is InChI=1S/C12H18ClN3O2S/c1-3-14-12-11(13)6-10(7-15-12)19(17,18)16-9-4-8(2)5-9/h6-9,16H,3-5H2,1-2H3,(H,14,15). The zero-order valence-electron chi connectivity index (χ0n) is 11.0. The molecule has 0 amide bonds. The average Bonchev–Trinajstić information content (AvgIpc) is 2.29. The number of sulfonamides is 1. The van der Waals surface area contributed by atoms with Crippen molar-refractivity contribution < 1.29 is 8.42 Å². The average molecular weight is 304 g/mol. The number of aromatic nitrogens is 1. The van der Waals surface area contributed by atoms with Crippen molar-refractivity contribution in [1.29, 1.82) is 0 Å². The molecule has 1 saturated carbocycles. The van der Waals surface area contributed by atoms with Crippen LogP contribution in [0.3, 0.4) is 0 Å². The van der Waals surface area contributed by atoms with Crippen LogP contribution in [0.5, 0.6) is 0 Å². The number of nitrogens with zero attached hydrogens (tertiary/aromatic N) is 1. The molecule has 0 saturated heterocycles. The van der Waals surface area contributed by atoms with Gasteiger partial charge in [-0.1, -0.05) is 18.5 Å². The minimum absolute atomic E-state index is 0.0345. The lowest BCUT2D eigenvalue weighted by Crippen LogP contribution is -2.43. The van der Waals surface area contributed by atoms with Gasteiger partial charge in [-0.05, 0) is 31.7 Å². The minimum atomic E-state index is -3.52. The Kier molecular flexibility index (Phi) is 4.32. The molecule has 0 aliphatic heterocycles. The van der Waals surface area contributed by atoms with Crippen LogP contribution in [0.25, 0.3) is 0 Å². The largest absolute Gasteiger partial charge is 0.369 e. The van der Waals surface area contributed by atoms with Gasteiger partial charge >= 0.3 is 0 Å². The predicted molar refractivity (Wildman–Crippen MR) is 75.9 cm³/mol. The Hall–Kier alpha value is -0.850. The summed E-state index contributed by atoms with van der Waals surface area (Å²) in [6, 6.07) is 1.46. The van der Waals surface area contributed by atoms with Crippen LogP contribution < -0.4 is 10.0 Å². The fraction of sp³-hybridized carbons (Fsp3) is 0.583. The molecule has 2 rings (SSSR count). The van der Waals surface area contributed by atoms with Gasteiger partial charge in [-0.2, -0.15) is 0 Å². The Labute approximate surface area is 118 Å². The van der Waals surface area contributed by atoms with Gasteiger partial charge < -0.3 is 5.32 Å². The van der Waals surface area contributed by atoms with E-state index in [4.69, 9.17) is 11.6 Å². The molecule has 0 unspecified atom stereocenters. The third-order valence-corrected chi connectivity index (χ3v) is 4.94. The van der Waals surface area contributed by atoms with E-state index in [-0.39, 0.29) is 10.9 Å². The second-order valence-corrected chi connectivity index (χ2v) is 7.05. The van der Waals surface area contributed by atoms with Crippen LogP contribution in [-0.2, 0) is 10.0 Å². The Morgan fingerprint density at radius 3 is 2.68 bits per heavy atom. The number of halogens is 1. The highest BCUT2D eigenvalue weighted by molar-refractivity contribution is 7.89. The topological polar surface area (TPSA) is 71.1 Å². The number of anilines is 1. The first-order chi connectivity index (χ1) is 8.92. The summed E-state index contributed by atoms with van der Waals surface area (Å²) < 4.78 is 26.9. The molecule has 19 heavy (non-hydrogen) atoms. The molecule has 106 valence electrons. The quantitative estimate of drug-likeness (QED) is 0.875. The molecule has 1 aromatic heterocycles. The van der Waals surface area contributed by atoms with Crippen LogP contribution in [0.1, 0.15) is 26.7 Å². The monoisotopic (exact) mass is 303 g/mol. The molecule has 0 bridgehead atoms. The van der Waals surface area contributed by atoms with E-state index < -0.39 is 10.0 Å². The number of hydrogen-bond donors (Lipinski definition) is 2. The summed E-state index contributed by atoms with van der Waals surface area (Å²) in [6.45, 7) is 4.70. The molecular formula is C12H18ClN3O2S. The highest BCUT2D eigenvalue weighted by Crippen LogP contribution is 2.28. The van der Waals surface area contributed by atoms with Crippen LogP contribution in [0, 0.1) is 5.92 Å². The first kappa shape index (κ1) is 14.6.